The molecule has 1 aromatic carbocycles. The summed E-state index contributed by atoms with van der Waals surface area (Å²) in [6.07, 6.45) is 2.30. The zero-order chi connectivity index (χ0) is 13.8. The fourth-order valence-corrected chi connectivity index (χ4v) is 3.83. The molecule has 0 amide bonds. The summed E-state index contributed by atoms with van der Waals surface area (Å²) in [4.78, 5) is 2.53. The molecule has 122 valence electrons. The first-order chi connectivity index (χ1) is 9.13. The third kappa shape index (κ3) is 5.56. The van der Waals surface area contributed by atoms with Crippen LogP contribution in [0.2, 0.25) is 0 Å². The Morgan fingerprint density at radius 3 is 2.19 bits per heavy atom. The highest BCUT2D eigenvalue weighted by Gasteiger charge is 2.22. The molecule has 2 rings (SSSR count). The van der Waals surface area contributed by atoms with Crippen molar-refractivity contribution in [1.82, 2.24) is 10.2 Å². The molecule has 7 heteroatoms. The van der Waals surface area contributed by atoms with Gasteiger partial charge in [-0.25, -0.2) is 0 Å². The van der Waals surface area contributed by atoms with Crippen molar-refractivity contribution < 1.29 is 5.11 Å². The lowest BCUT2D eigenvalue weighted by Gasteiger charge is -2.35. The Labute approximate surface area is 155 Å². The number of rotatable bonds is 4. The molecule has 1 aliphatic heterocycles. The van der Waals surface area contributed by atoms with E-state index in [4.69, 9.17) is 0 Å². The van der Waals surface area contributed by atoms with Gasteiger partial charge in [0.05, 0.1) is 8.95 Å². The van der Waals surface area contributed by atoms with Crippen LogP contribution in [-0.4, -0.2) is 36.2 Å². The average Bonchev–Trinajstić information content (AvgIpc) is 2.42. The second-order valence-electron chi connectivity index (χ2n) is 4.92. The number of hydrogen-bond donors (Lipinski definition) is 2. The molecule has 0 aromatic heterocycles. The lowest BCUT2D eigenvalue weighted by atomic mass is 10.00. The lowest BCUT2D eigenvalue weighted by molar-refractivity contribution is 0.164. The number of phenolic OH excluding ortho intramolecular Hbond substituents is 1. The number of piperazine rings is 1. The van der Waals surface area contributed by atoms with Gasteiger partial charge >= 0.3 is 0 Å². The minimum absolute atomic E-state index is 0. The number of nitrogens with zero attached hydrogens (tertiary/aromatic N) is 1. The molecule has 0 aliphatic carbocycles. The van der Waals surface area contributed by atoms with Gasteiger partial charge in [-0.05, 0) is 56.0 Å². The van der Waals surface area contributed by atoms with Gasteiger partial charge in [-0.2, -0.15) is 0 Å². The Morgan fingerprint density at radius 2 is 1.71 bits per heavy atom. The molecule has 21 heavy (non-hydrogen) atoms. The predicted octanol–water partition coefficient (Wildman–Crippen LogP) is 4.51. The van der Waals surface area contributed by atoms with E-state index in [9.17, 15) is 5.11 Å². The summed E-state index contributed by atoms with van der Waals surface area (Å²) in [6.45, 7) is 6.50. The van der Waals surface area contributed by atoms with E-state index in [0.717, 1.165) is 48.0 Å². The summed E-state index contributed by atoms with van der Waals surface area (Å²) >= 11 is 6.86. The molecule has 1 aliphatic rings. The van der Waals surface area contributed by atoms with Gasteiger partial charge < -0.3 is 10.4 Å². The maximum atomic E-state index is 9.84. The molecule has 1 aromatic rings. The van der Waals surface area contributed by atoms with E-state index in [0.29, 0.717) is 6.04 Å². The number of hydrogen-bond acceptors (Lipinski definition) is 3. The van der Waals surface area contributed by atoms with E-state index in [-0.39, 0.29) is 30.6 Å². The molecule has 0 radical (unpaired) electrons. The van der Waals surface area contributed by atoms with Crippen LogP contribution in [0.5, 0.6) is 5.75 Å². The molecule has 1 atom stereocenters. The first kappa shape index (κ1) is 21.5. The van der Waals surface area contributed by atoms with Gasteiger partial charge in [-0.1, -0.05) is 13.3 Å². The molecule has 0 spiro atoms. The topological polar surface area (TPSA) is 35.5 Å². The van der Waals surface area contributed by atoms with Gasteiger partial charge in [0.25, 0.3) is 0 Å². The number of benzene rings is 1. The van der Waals surface area contributed by atoms with Gasteiger partial charge in [0.15, 0.2) is 0 Å². The van der Waals surface area contributed by atoms with Gasteiger partial charge in [0.1, 0.15) is 5.75 Å². The standard InChI is InChI=1S/C14H20Br2N2O.2ClH/c1-2-3-13(18-6-4-17-5-7-18)10-8-11(15)14(19)12(16)9-10;;/h8-9,13,17,19H,2-7H2,1H3;2*1H/t13-;;/m0../s1. The molecule has 1 saturated heterocycles. The van der Waals surface area contributed by atoms with Crippen molar-refractivity contribution in [1.29, 1.82) is 0 Å². The second kappa shape index (κ2) is 10.3. The Kier molecular flexibility index (Phi) is 10.5. The zero-order valence-corrected chi connectivity index (χ0v) is 16.7. The van der Waals surface area contributed by atoms with Crippen LogP contribution in [0.3, 0.4) is 0 Å². The van der Waals surface area contributed by atoms with Gasteiger partial charge in [-0.15, -0.1) is 24.8 Å². The molecule has 0 unspecified atom stereocenters. The molecule has 0 saturated carbocycles. The molecule has 1 fully saturated rings. The van der Waals surface area contributed by atoms with Crippen LogP contribution < -0.4 is 5.32 Å². The van der Waals surface area contributed by atoms with Crippen LogP contribution in [0.4, 0.5) is 0 Å². The van der Waals surface area contributed by atoms with Crippen molar-refractivity contribution in [2.45, 2.75) is 25.8 Å². The maximum absolute atomic E-state index is 9.84. The van der Waals surface area contributed by atoms with Gasteiger partial charge in [-0.3, -0.25) is 4.90 Å². The van der Waals surface area contributed by atoms with Crippen molar-refractivity contribution in [2.75, 3.05) is 26.2 Å². The highest BCUT2D eigenvalue weighted by molar-refractivity contribution is 9.11. The normalized spacial score (nSPS) is 16.7. The first-order valence-electron chi connectivity index (χ1n) is 6.76. The number of nitrogens with one attached hydrogen (secondary N) is 1. The molecular weight excluding hydrogens is 443 g/mol. The largest absolute Gasteiger partial charge is 0.506 e. The van der Waals surface area contributed by atoms with E-state index in [2.05, 4.69) is 49.0 Å². The quantitative estimate of drug-likeness (QED) is 0.688. The number of aromatic hydroxyl groups is 1. The van der Waals surface area contributed by atoms with Crippen LogP contribution >= 0.6 is 56.7 Å². The Bertz CT molecular complexity index is 420. The van der Waals surface area contributed by atoms with Crippen LogP contribution in [0.15, 0.2) is 21.1 Å². The minimum atomic E-state index is 0. The fraction of sp³-hybridized carbons (Fsp3) is 0.571. The number of phenols is 1. The summed E-state index contributed by atoms with van der Waals surface area (Å²) in [7, 11) is 0. The summed E-state index contributed by atoms with van der Waals surface area (Å²) in [5.41, 5.74) is 1.26. The lowest BCUT2D eigenvalue weighted by Crippen LogP contribution is -2.45. The predicted molar refractivity (Wildman–Crippen MR) is 100 cm³/mol. The summed E-state index contributed by atoms with van der Waals surface area (Å²) in [6, 6.07) is 4.52. The third-order valence-corrected chi connectivity index (χ3v) is 4.79. The third-order valence-electron chi connectivity index (χ3n) is 3.58. The average molecular weight is 465 g/mol. The SMILES string of the molecule is CCC[C@@H](c1cc(Br)c(O)c(Br)c1)N1CCNCC1.Cl.Cl. The maximum Gasteiger partial charge on any atom is 0.143 e. The van der Waals surface area contributed by atoms with Crippen LogP contribution in [0.25, 0.3) is 0 Å². The van der Waals surface area contributed by atoms with Crippen LogP contribution in [0.1, 0.15) is 31.4 Å². The van der Waals surface area contributed by atoms with E-state index in [1.807, 2.05) is 12.1 Å². The van der Waals surface area contributed by atoms with E-state index < -0.39 is 0 Å². The number of halogens is 4. The van der Waals surface area contributed by atoms with E-state index in [1.165, 1.54) is 5.56 Å². The highest BCUT2D eigenvalue weighted by atomic mass is 79.9. The van der Waals surface area contributed by atoms with Crippen molar-refractivity contribution in [2.24, 2.45) is 0 Å². The molecular formula is C14H22Br2Cl2N2O. The summed E-state index contributed by atoms with van der Waals surface area (Å²) in [5.74, 6) is 0.277. The zero-order valence-electron chi connectivity index (χ0n) is 11.9. The molecule has 3 nitrogen and oxygen atoms in total. The van der Waals surface area contributed by atoms with Crippen LogP contribution in [-0.2, 0) is 0 Å². The smallest absolute Gasteiger partial charge is 0.143 e. The second-order valence-corrected chi connectivity index (χ2v) is 6.63. The minimum Gasteiger partial charge on any atom is -0.506 e. The Balaban J connectivity index is 0.00000200. The van der Waals surface area contributed by atoms with Crippen molar-refractivity contribution in [3.8, 4) is 5.75 Å². The Hall–Kier alpha value is 0.480. The summed E-state index contributed by atoms with van der Waals surface area (Å²) in [5, 5.41) is 13.2. The first-order valence-corrected chi connectivity index (χ1v) is 8.34. The highest BCUT2D eigenvalue weighted by Crippen LogP contribution is 2.37. The van der Waals surface area contributed by atoms with Gasteiger partial charge in [0, 0.05) is 32.2 Å². The van der Waals surface area contributed by atoms with E-state index >= 15 is 0 Å². The molecule has 2 N–H and O–H groups in total. The van der Waals surface area contributed by atoms with Crippen molar-refractivity contribution in [3.05, 3.63) is 26.6 Å². The van der Waals surface area contributed by atoms with E-state index in [1.54, 1.807) is 0 Å². The van der Waals surface area contributed by atoms with Crippen molar-refractivity contribution >= 4 is 56.7 Å². The van der Waals surface area contributed by atoms with Crippen molar-refractivity contribution in [3.63, 3.8) is 0 Å². The fourth-order valence-electron chi connectivity index (χ4n) is 2.60. The molecule has 1 heterocycles. The summed E-state index contributed by atoms with van der Waals surface area (Å²) < 4.78 is 1.52. The van der Waals surface area contributed by atoms with Crippen LogP contribution in [0, 0.1) is 0 Å². The van der Waals surface area contributed by atoms with Gasteiger partial charge in [0.2, 0.25) is 0 Å². The monoisotopic (exact) mass is 462 g/mol. The Morgan fingerprint density at radius 1 is 1.19 bits per heavy atom. The molecule has 0 bridgehead atoms.